The van der Waals surface area contributed by atoms with E-state index < -0.39 is 24.5 Å². The Kier molecular flexibility index (Phi) is 10.1. The van der Waals surface area contributed by atoms with Gasteiger partial charge in [-0.1, -0.05) is 5.16 Å². The van der Waals surface area contributed by atoms with Crippen molar-refractivity contribution in [2.24, 2.45) is 16.8 Å². The summed E-state index contributed by atoms with van der Waals surface area (Å²) in [5, 5.41) is 13.4. The number of hydrogen-bond acceptors (Lipinski definition) is 5. The number of nitrogens with zero attached hydrogens (tertiary/aromatic N) is 1. The van der Waals surface area contributed by atoms with Gasteiger partial charge in [0.2, 0.25) is 0 Å². The minimum Gasteiger partial charge on any atom is -0.409 e. The maximum absolute atomic E-state index is 12.6. The summed E-state index contributed by atoms with van der Waals surface area (Å²) in [6, 6.07) is 0. The third-order valence-electron chi connectivity index (χ3n) is 2.54. The van der Waals surface area contributed by atoms with Crippen molar-refractivity contribution < 1.29 is 27.9 Å². The van der Waals surface area contributed by atoms with E-state index in [4.69, 9.17) is 20.4 Å². The Morgan fingerprint density at radius 1 is 1.30 bits per heavy atom. The Hall–Kier alpha value is -1.06. The molecule has 9 heteroatoms. The van der Waals surface area contributed by atoms with E-state index in [0.29, 0.717) is 32.8 Å². The first-order valence-corrected chi connectivity index (χ1v) is 6.25. The molecule has 0 aliphatic heterocycles. The predicted molar refractivity (Wildman–Crippen MR) is 67.8 cm³/mol. The van der Waals surface area contributed by atoms with E-state index in [0.717, 1.165) is 6.42 Å². The van der Waals surface area contributed by atoms with Gasteiger partial charge in [0.1, 0.15) is 5.92 Å². The smallest absolute Gasteiger partial charge is 0.400 e. The summed E-state index contributed by atoms with van der Waals surface area (Å²) >= 11 is 0. The zero-order valence-corrected chi connectivity index (χ0v) is 11.4. The Morgan fingerprint density at radius 3 is 2.55 bits per heavy atom. The fourth-order valence-electron chi connectivity index (χ4n) is 1.40. The number of oxime groups is 1. The summed E-state index contributed by atoms with van der Waals surface area (Å²) in [6.07, 6.45) is -3.13. The second-order valence-electron chi connectivity index (χ2n) is 4.14. The number of nitrogens with one attached hydrogen (secondary N) is 1. The summed E-state index contributed by atoms with van der Waals surface area (Å²) in [7, 11) is 1.58. The number of halogens is 3. The maximum atomic E-state index is 12.6. The Morgan fingerprint density at radius 2 is 2.00 bits per heavy atom. The largest absolute Gasteiger partial charge is 0.409 e. The number of rotatable bonds is 11. The van der Waals surface area contributed by atoms with Crippen LogP contribution in [0.25, 0.3) is 0 Å². The average molecular weight is 301 g/mol. The van der Waals surface area contributed by atoms with Gasteiger partial charge in [-0.25, -0.2) is 0 Å². The second-order valence-corrected chi connectivity index (χ2v) is 4.14. The van der Waals surface area contributed by atoms with Crippen LogP contribution in [0.1, 0.15) is 12.8 Å². The summed E-state index contributed by atoms with van der Waals surface area (Å²) in [4.78, 5) is 0. The van der Waals surface area contributed by atoms with Crippen LogP contribution in [0, 0.1) is 5.92 Å². The molecule has 4 N–H and O–H groups in total. The lowest BCUT2D eigenvalue weighted by Gasteiger charge is -2.19. The quantitative estimate of drug-likeness (QED) is 0.174. The van der Waals surface area contributed by atoms with E-state index in [1.165, 1.54) is 0 Å². The van der Waals surface area contributed by atoms with Gasteiger partial charge in [-0.05, 0) is 19.4 Å². The molecule has 0 saturated heterocycles. The van der Waals surface area contributed by atoms with E-state index in [2.05, 4.69) is 10.5 Å². The number of amidine groups is 1. The highest BCUT2D eigenvalue weighted by Gasteiger charge is 2.42. The molecule has 0 aliphatic rings. The van der Waals surface area contributed by atoms with E-state index in [9.17, 15) is 13.2 Å². The molecule has 0 aromatic rings. The molecule has 0 saturated carbocycles. The number of ether oxygens (including phenoxy) is 2. The molecule has 0 aliphatic carbocycles. The highest BCUT2D eigenvalue weighted by atomic mass is 19.4. The maximum Gasteiger partial charge on any atom is 0.400 e. The first-order chi connectivity index (χ1) is 9.43. The molecule has 1 atom stereocenters. The van der Waals surface area contributed by atoms with Crippen molar-refractivity contribution in [2.75, 3.05) is 40.0 Å². The van der Waals surface area contributed by atoms with Gasteiger partial charge in [-0.2, -0.15) is 13.2 Å². The lowest BCUT2D eigenvalue weighted by atomic mass is 10.1. The molecular weight excluding hydrogens is 279 g/mol. The minimum atomic E-state index is -4.54. The van der Waals surface area contributed by atoms with Crippen molar-refractivity contribution in [3.63, 3.8) is 0 Å². The minimum absolute atomic E-state index is 0.402. The molecule has 0 bridgehead atoms. The molecule has 120 valence electrons. The zero-order chi connectivity index (χ0) is 15.4. The summed E-state index contributed by atoms with van der Waals surface area (Å²) in [6.45, 7) is 1.55. The molecule has 0 heterocycles. The SMILES string of the molecule is COCCOCCCCNCC(C(N)=NO)C(F)(F)F. The fourth-order valence-corrected chi connectivity index (χ4v) is 1.40. The Balaban J connectivity index is 3.70. The van der Waals surface area contributed by atoms with Gasteiger partial charge in [0.25, 0.3) is 0 Å². The van der Waals surface area contributed by atoms with Gasteiger partial charge in [-0.3, -0.25) is 0 Å². The predicted octanol–water partition coefficient (Wildman–Crippen LogP) is 0.944. The molecule has 20 heavy (non-hydrogen) atoms. The van der Waals surface area contributed by atoms with Crippen molar-refractivity contribution in [2.45, 2.75) is 19.0 Å². The summed E-state index contributed by atoms with van der Waals surface area (Å²) in [5.74, 6) is -2.82. The highest BCUT2D eigenvalue weighted by Crippen LogP contribution is 2.25. The van der Waals surface area contributed by atoms with Gasteiger partial charge in [0.15, 0.2) is 5.84 Å². The molecule has 0 fully saturated rings. The van der Waals surface area contributed by atoms with Gasteiger partial charge in [0.05, 0.1) is 13.2 Å². The molecule has 0 radical (unpaired) electrons. The van der Waals surface area contributed by atoms with Crippen molar-refractivity contribution in [3.05, 3.63) is 0 Å². The van der Waals surface area contributed by atoms with Gasteiger partial charge in [0, 0.05) is 20.3 Å². The average Bonchev–Trinajstić information content (AvgIpc) is 2.39. The van der Waals surface area contributed by atoms with Crippen molar-refractivity contribution in [1.82, 2.24) is 5.32 Å². The van der Waals surface area contributed by atoms with Crippen LogP contribution < -0.4 is 11.1 Å². The van der Waals surface area contributed by atoms with Gasteiger partial charge < -0.3 is 25.7 Å². The number of hydrogen-bond donors (Lipinski definition) is 3. The lowest BCUT2D eigenvalue weighted by Crippen LogP contribution is -2.43. The second kappa shape index (κ2) is 10.7. The van der Waals surface area contributed by atoms with Gasteiger partial charge >= 0.3 is 6.18 Å². The molecule has 0 rings (SSSR count). The Bertz CT molecular complexity index is 275. The van der Waals surface area contributed by atoms with E-state index in [1.807, 2.05) is 0 Å². The van der Waals surface area contributed by atoms with E-state index in [-0.39, 0.29) is 0 Å². The van der Waals surface area contributed by atoms with Crippen molar-refractivity contribution >= 4 is 5.84 Å². The van der Waals surface area contributed by atoms with E-state index in [1.54, 1.807) is 7.11 Å². The molecule has 1 unspecified atom stereocenters. The van der Waals surface area contributed by atoms with Gasteiger partial charge in [-0.15, -0.1) is 0 Å². The zero-order valence-electron chi connectivity index (χ0n) is 11.4. The standard InChI is InChI=1S/C11H22F3N3O3/c1-19-6-7-20-5-3-2-4-16-8-9(10(15)17-18)11(12,13)14/h9,16,18H,2-8H2,1H3,(H2,15,17). The molecule has 0 amide bonds. The lowest BCUT2D eigenvalue weighted by molar-refractivity contribution is -0.154. The topological polar surface area (TPSA) is 89.1 Å². The Labute approximate surface area is 116 Å². The monoisotopic (exact) mass is 301 g/mol. The van der Waals surface area contributed by atoms with Crippen LogP contribution >= 0.6 is 0 Å². The van der Waals surface area contributed by atoms with Crippen LogP contribution in [0.3, 0.4) is 0 Å². The van der Waals surface area contributed by atoms with Crippen LogP contribution in [-0.4, -0.2) is 57.2 Å². The van der Waals surface area contributed by atoms with Crippen molar-refractivity contribution in [3.8, 4) is 0 Å². The molecule has 6 nitrogen and oxygen atoms in total. The number of methoxy groups -OCH3 is 1. The number of alkyl halides is 3. The summed E-state index contributed by atoms with van der Waals surface area (Å²) in [5.41, 5.74) is 5.02. The molecule has 0 spiro atoms. The van der Waals surface area contributed by atoms with Crippen LogP contribution in [-0.2, 0) is 9.47 Å². The molecule has 0 aromatic carbocycles. The summed E-state index contributed by atoms with van der Waals surface area (Å²) < 4.78 is 47.7. The molecule has 0 aromatic heterocycles. The number of unbranched alkanes of at least 4 members (excludes halogenated alkanes) is 1. The van der Waals surface area contributed by atoms with Crippen LogP contribution in [0.5, 0.6) is 0 Å². The fraction of sp³-hybridized carbons (Fsp3) is 0.909. The van der Waals surface area contributed by atoms with E-state index >= 15 is 0 Å². The first kappa shape index (κ1) is 18.9. The third kappa shape index (κ3) is 8.94. The number of nitrogens with two attached hydrogens (primary N) is 1. The normalized spacial score (nSPS) is 14.5. The molecular formula is C11H22F3N3O3. The third-order valence-corrected chi connectivity index (χ3v) is 2.54. The van der Waals surface area contributed by atoms with Crippen LogP contribution in [0.15, 0.2) is 5.16 Å². The van der Waals surface area contributed by atoms with Crippen LogP contribution in [0.2, 0.25) is 0 Å². The highest BCUT2D eigenvalue weighted by molar-refractivity contribution is 5.83. The van der Waals surface area contributed by atoms with Crippen molar-refractivity contribution in [1.29, 1.82) is 0 Å². The van der Waals surface area contributed by atoms with Crippen LogP contribution in [0.4, 0.5) is 13.2 Å². The first-order valence-electron chi connectivity index (χ1n) is 6.25.